The first-order valence-electron chi connectivity index (χ1n) is 6.37. The van der Waals surface area contributed by atoms with Crippen LogP contribution in [0.5, 0.6) is 0 Å². The van der Waals surface area contributed by atoms with Gasteiger partial charge in [-0.15, -0.1) is 0 Å². The van der Waals surface area contributed by atoms with E-state index in [4.69, 9.17) is 5.73 Å². The van der Waals surface area contributed by atoms with Crippen LogP contribution in [-0.2, 0) is 13.5 Å². The Labute approximate surface area is 109 Å². The maximum atomic E-state index is 5.95. The highest BCUT2D eigenvalue weighted by atomic mass is 15.3. The molecule has 2 aromatic rings. The van der Waals surface area contributed by atoms with Gasteiger partial charge in [-0.05, 0) is 44.0 Å². The average molecular weight is 243 g/mol. The molecular formula is C15H21N3. The number of nitrogens with two attached hydrogens (primary N) is 1. The highest BCUT2D eigenvalue weighted by Crippen LogP contribution is 2.23. The van der Waals surface area contributed by atoms with Crippen molar-refractivity contribution in [3.05, 3.63) is 52.8 Å². The van der Waals surface area contributed by atoms with E-state index in [-0.39, 0.29) is 0 Å². The summed E-state index contributed by atoms with van der Waals surface area (Å²) in [5.41, 5.74) is 10.9. The molecule has 0 spiro atoms. The van der Waals surface area contributed by atoms with Gasteiger partial charge < -0.3 is 5.73 Å². The van der Waals surface area contributed by atoms with E-state index >= 15 is 0 Å². The molecular weight excluding hydrogens is 222 g/mol. The van der Waals surface area contributed by atoms with Crippen LogP contribution in [0.15, 0.2) is 30.3 Å². The van der Waals surface area contributed by atoms with Gasteiger partial charge in [0.2, 0.25) is 0 Å². The molecule has 0 amide bonds. The Hall–Kier alpha value is -1.61. The summed E-state index contributed by atoms with van der Waals surface area (Å²) in [6.07, 6.45) is 0.943. The number of aromatic nitrogens is 2. The molecule has 0 bridgehead atoms. The molecule has 1 atom stereocenters. The van der Waals surface area contributed by atoms with Crippen LogP contribution in [0.4, 0.5) is 0 Å². The molecule has 0 fully saturated rings. The van der Waals surface area contributed by atoms with E-state index in [0.29, 0.717) is 12.5 Å². The molecule has 2 rings (SSSR count). The first-order chi connectivity index (χ1) is 8.61. The van der Waals surface area contributed by atoms with Gasteiger partial charge in [0, 0.05) is 18.7 Å². The summed E-state index contributed by atoms with van der Waals surface area (Å²) in [4.78, 5) is 0. The molecule has 1 heterocycles. The minimum atomic E-state index is 0.362. The SMILES string of the molecule is Cc1cc(CC(CN)c2ccccc2C)n(C)n1. The lowest BCUT2D eigenvalue weighted by molar-refractivity contribution is 0.627. The maximum absolute atomic E-state index is 5.95. The average Bonchev–Trinajstić information content (AvgIpc) is 2.66. The van der Waals surface area contributed by atoms with Gasteiger partial charge in [-0.2, -0.15) is 5.10 Å². The van der Waals surface area contributed by atoms with Crippen molar-refractivity contribution >= 4 is 0 Å². The molecule has 0 saturated heterocycles. The van der Waals surface area contributed by atoms with Crippen LogP contribution in [0, 0.1) is 13.8 Å². The summed E-state index contributed by atoms with van der Waals surface area (Å²) in [7, 11) is 1.99. The van der Waals surface area contributed by atoms with Crippen LogP contribution in [0.3, 0.4) is 0 Å². The lowest BCUT2D eigenvalue weighted by atomic mass is 9.91. The predicted molar refractivity (Wildman–Crippen MR) is 74.6 cm³/mol. The first-order valence-corrected chi connectivity index (χ1v) is 6.37. The Balaban J connectivity index is 2.25. The van der Waals surface area contributed by atoms with Gasteiger partial charge in [-0.3, -0.25) is 4.68 Å². The van der Waals surface area contributed by atoms with Crippen LogP contribution in [-0.4, -0.2) is 16.3 Å². The third-order valence-corrected chi connectivity index (χ3v) is 3.47. The highest BCUT2D eigenvalue weighted by Gasteiger charge is 2.15. The summed E-state index contributed by atoms with van der Waals surface area (Å²) in [6.45, 7) is 4.83. The second kappa shape index (κ2) is 5.36. The van der Waals surface area contributed by atoms with Gasteiger partial charge in [0.1, 0.15) is 0 Å². The molecule has 0 aliphatic heterocycles. The molecule has 0 saturated carbocycles. The van der Waals surface area contributed by atoms with Gasteiger partial charge in [0.15, 0.2) is 0 Å². The number of rotatable bonds is 4. The largest absolute Gasteiger partial charge is 0.330 e. The van der Waals surface area contributed by atoms with Crippen molar-refractivity contribution in [1.29, 1.82) is 0 Å². The molecule has 96 valence electrons. The van der Waals surface area contributed by atoms with E-state index in [1.807, 2.05) is 18.7 Å². The molecule has 18 heavy (non-hydrogen) atoms. The van der Waals surface area contributed by atoms with Gasteiger partial charge in [0.05, 0.1) is 5.69 Å². The normalized spacial score (nSPS) is 12.7. The van der Waals surface area contributed by atoms with Crippen molar-refractivity contribution in [2.75, 3.05) is 6.54 Å². The second-order valence-corrected chi connectivity index (χ2v) is 4.89. The molecule has 0 aliphatic rings. The fourth-order valence-electron chi connectivity index (χ4n) is 2.47. The molecule has 0 aliphatic carbocycles. The highest BCUT2D eigenvalue weighted by molar-refractivity contribution is 5.30. The standard InChI is InChI=1S/C15H21N3/c1-11-6-4-5-7-15(11)13(10-16)9-14-8-12(2)17-18(14)3/h4-8,13H,9-10,16H2,1-3H3. The zero-order valence-electron chi connectivity index (χ0n) is 11.4. The lowest BCUT2D eigenvalue weighted by Crippen LogP contribution is -2.17. The summed E-state index contributed by atoms with van der Waals surface area (Å²) in [5, 5.41) is 4.39. The van der Waals surface area contributed by atoms with Crippen molar-refractivity contribution < 1.29 is 0 Å². The fourth-order valence-corrected chi connectivity index (χ4v) is 2.47. The Kier molecular flexibility index (Phi) is 3.82. The minimum Gasteiger partial charge on any atom is -0.330 e. The summed E-state index contributed by atoms with van der Waals surface area (Å²) < 4.78 is 1.95. The zero-order chi connectivity index (χ0) is 13.1. The summed E-state index contributed by atoms with van der Waals surface area (Å²) >= 11 is 0. The Bertz CT molecular complexity index is 528. The minimum absolute atomic E-state index is 0.362. The van der Waals surface area contributed by atoms with Crippen LogP contribution < -0.4 is 5.73 Å². The number of benzene rings is 1. The molecule has 2 N–H and O–H groups in total. The monoisotopic (exact) mass is 243 g/mol. The lowest BCUT2D eigenvalue weighted by Gasteiger charge is -2.17. The van der Waals surface area contributed by atoms with Crippen molar-refractivity contribution in [1.82, 2.24) is 9.78 Å². The number of aryl methyl sites for hydroxylation is 3. The van der Waals surface area contributed by atoms with Crippen LogP contribution in [0.25, 0.3) is 0 Å². The summed E-state index contributed by atoms with van der Waals surface area (Å²) in [6, 6.07) is 10.6. The Morgan fingerprint density at radius 3 is 2.56 bits per heavy atom. The van der Waals surface area contributed by atoms with Crippen molar-refractivity contribution in [2.45, 2.75) is 26.2 Å². The number of hydrogen-bond donors (Lipinski definition) is 1. The van der Waals surface area contributed by atoms with E-state index in [2.05, 4.69) is 42.4 Å². The van der Waals surface area contributed by atoms with Gasteiger partial charge in [-0.1, -0.05) is 24.3 Å². The smallest absolute Gasteiger partial charge is 0.0596 e. The van der Waals surface area contributed by atoms with Crippen molar-refractivity contribution in [2.24, 2.45) is 12.8 Å². The molecule has 1 aromatic heterocycles. The van der Waals surface area contributed by atoms with Crippen molar-refractivity contribution in [3.63, 3.8) is 0 Å². The molecule has 3 heteroatoms. The Morgan fingerprint density at radius 1 is 1.28 bits per heavy atom. The van der Waals surface area contributed by atoms with Crippen molar-refractivity contribution in [3.8, 4) is 0 Å². The number of nitrogens with zero attached hydrogens (tertiary/aromatic N) is 2. The van der Waals surface area contributed by atoms with E-state index < -0.39 is 0 Å². The molecule has 1 unspecified atom stereocenters. The molecule has 3 nitrogen and oxygen atoms in total. The van der Waals surface area contributed by atoms with E-state index in [0.717, 1.165) is 12.1 Å². The van der Waals surface area contributed by atoms with Crippen LogP contribution >= 0.6 is 0 Å². The molecule has 0 radical (unpaired) electrons. The third kappa shape index (κ3) is 2.62. The van der Waals surface area contributed by atoms with Crippen LogP contribution in [0.2, 0.25) is 0 Å². The Morgan fingerprint density at radius 2 is 2.00 bits per heavy atom. The zero-order valence-corrected chi connectivity index (χ0v) is 11.4. The third-order valence-electron chi connectivity index (χ3n) is 3.47. The van der Waals surface area contributed by atoms with E-state index in [1.54, 1.807) is 0 Å². The predicted octanol–water partition coefficient (Wildman–Crippen LogP) is 2.32. The van der Waals surface area contributed by atoms with E-state index in [9.17, 15) is 0 Å². The van der Waals surface area contributed by atoms with Gasteiger partial charge >= 0.3 is 0 Å². The van der Waals surface area contributed by atoms with E-state index in [1.165, 1.54) is 16.8 Å². The van der Waals surface area contributed by atoms with Gasteiger partial charge in [-0.25, -0.2) is 0 Å². The number of hydrogen-bond acceptors (Lipinski definition) is 2. The first kappa shape index (κ1) is 12.8. The second-order valence-electron chi connectivity index (χ2n) is 4.89. The van der Waals surface area contributed by atoms with Gasteiger partial charge in [0.25, 0.3) is 0 Å². The summed E-state index contributed by atoms with van der Waals surface area (Å²) in [5.74, 6) is 0.362. The fraction of sp³-hybridized carbons (Fsp3) is 0.400. The van der Waals surface area contributed by atoms with Crippen LogP contribution in [0.1, 0.15) is 28.4 Å². The molecule has 1 aromatic carbocycles. The topological polar surface area (TPSA) is 43.8 Å². The quantitative estimate of drug-likeness (QED) is 0.895. The maximum Gasteiger partial charge on any atom is 0.0596 e.